The van der Waals surface area contributed by atoms with Crippen LogP contribution in [-0.4, -0.2) is 12.6 Å². The van der Waals surface area contributed by atoms with E-state index in [4.69, 9.17) is 17.3 Å². The number of nitrogens with one attached hydrogen (secondary N) is 1. The van der Waals surface area contributed by atoms with E-state index in [0.717, 1.165) is 21.6 Å². The lowest BCUT2D eigenvalue weighted by Gasteiger charge is -2.16. The van der Waals surface area contributed by atoms with Crippen LogP contribution in [0.2, 0.25) is 5.02 Å². The monoisotopic (exact) mass is 276 g/mol. The molecule has 0 amide bonds. The molecule has 0 heterocycles. The predicted octanol–water partition coefficient (Wildman–Crippen LogP) is 3.25. The van der Waals surface area contributed by atoms with Gasteiger partial charge in [0.05, 0.1) is 5.02 Å². The first-order valence-electron chi connectivity index (χ1n) is 4.59. The van der Waals surface area contributed by atoms with Gasteiger partial charge in [0.1, 0.15) is 0 Å². The standard InChI is InChI=1S/C10H14BrClN2/c1-2-7(6-13)14-8-3-4-10(12)9(11)5-8/h3-5,7,14H,2,6,13H2,1H3. The van der Waals surface area contributed by atoms with Crippen LogP contribution in [0.1, 0.15) is 13.3 Å². The molecule has 1 atom stereocenters. The van der Waals surface area contributed by atoms with Gasteiger partial charge in [-0.3, -0.25) is 0 Å². The van der Waals surface area contributed by atoms with Gasteiger partial charge in [0, 0.05) is 22.7 Å². The maximum atomic E-state index is 5.89. The highest BCUT2D eigenvalue weighted by Gasteiger charge is 2.04. The zero-order valence-electron chi connectivity index (χ0n) is 8.06. The molecule has 2 nitrogen and oxygen atoms in total. The normalized spacial score (nSPS) is 12.6. The van der Waals surface area contributed by atoms with Crippen LogP contribution in [0.15, 0.2) is 22.7 Å². The summed E-state index contributed by atoms with van der Waals surface area (Å²) >= 11 is 9.26. The summed E-state index contributed by atoms with van der Waals surface area (Å²) < 4.78 is 0.899. The van der Waals surface area contributed by atoms with Crippen molar-refractivity contribution in [1.82, 2.24) is 0 Å². The summed E-state index contributed by atoms with van der Waals surface area (Å²) in [4.78, 5) is 0. The van der Waals surface area contributed by atoms with Crippen molar-refractivity contribution < 1.29 is 0 Å². The molecule has 3 N–H and O–H groups in total. The maximum absolute atomic E-state index is 5.89. The number of hydrogen-bond acceptors (Lipinski definition) is 2. The number of halogens is 2. The van der Waals surface area contributed by atoms with Crippen molar-refractivity contribution in [1.29, 1.82) is 0 Å². The molecule has 14 heavy (non-hydrogen) atoms. The zero-order valence-corrected chi connectivity index (χ0v) is 10.4. The van der Waals surface area contributed by atoms with Crippen molar-refractivity contribution >= 4 is 33.2 Å². The Labute approximate surface area is 98.0 Å². The fourth-order valence-electron chi connectivity index (χ4n) is 1.15. The molecule has 1 unspecified atom stereocenters. The molecule has 0 spiro atoms. The molecule has 0 saturated heterocycles. The van der Waals surface area contributed by atoms with Crippen LogP contribution in [0, 0.1) is 0 Å². The van der Waals surface area contributed by atoms with Crippen molar-refractivity contribution in [3.05, 3.63) is 27.7 Å². The Hall–Kier alpha value is -0.250. The van der Waals surface area contributed by atoms with E-state index in [0.29, 0.717) is 12.6 Å². The Morgan fingerprint density at radius 3 is 2.79 bits per heavy atom. The minimum absolute atomic E-state index is 0.322. The summed E-state index contributed by atoms with van der Waals surface area (Å²) in [5, 5.41) is 4.05. The third-order valence-electron chi connectivity index (χ3n) is 2.07. The average Bonchev–Trinajstić information content (AvgIpc) is 2.19. The van der Waals surface area contributed by atoms with Gasteiger partial charge in [-0.2, -0.15) is 0 Å². The number of nitrogens with two attached hydrogens (primary N) is 1. The second-order valence-corrected chi connectivity index (χ2v) is 4.38. The van der Waals surface area contributed by atoms with Gasteiger partial charge in [0.15, 0.2) is 0 Å². The molecule has 0 aliphatic heterocycles. The fraction of sp³-hybridized carbons (Fsp3) is 0.400. The molecule has 0 radical (unpaired) electrons. The number of benzene rings is 1. The molecule has 0 aliphatic carbocycles. The molecular weight excluding hydrogens is 263 g/mol. The minimum atomic E-state index is 0.322. The van der Waals surface area contributed by atoms with Gasteiger partial charge in [-0.1, -0.05) is 18.5 Å². The van der Waals surface area contributed by atoms with Crippen molar-refractivity contribution in [3.63, 3.8) is 0 Å². The lowest BCUT2D eigenvalue weighted by Crippen LogP contribution is -2.27. The Kier molecular flexibility index (Phi) is 4.72. The van der Waals surface area contributed by atoms with Gasteiger partial charge in [0.25, 0.3) is 0 Å². The van der Waals surface area contributed by atoms with Crippen molar-refractivity contribution in [3.8, 4) is 0 Å². The van der Waals surface area contributed by atoms with Crippen LogP contribution >= 0.6 is 27.5 Å². The number of hydrogen-bond donors (Lipinski definition) is 2. The molecule has 4 heteroatoms. The fourth-order valence-corrected chi connectivity index (χ4v) is 1.65. The highest BCUT2D eigenvalue weighted by atomic mass is 79.9. The molecule has 1 rings (SSSR count). The van der Waals surface area contributed by atoms with Crippen LogP contribution < -0.4 is 11.1 Å². The van der Waals surface area contributed by atoms with E-state index in [1.807, 2.05) is 18.2 Å². The van der Waals surface area contributed by atoms with Crippen molar-refractivity contribution in [2.75, 3.05) is 11.9 Å². The largest absolute Gasteiger partial charge is 0.381 e. The Bertz CT molecular complexity index is 300. The van der Waals surface area contributed by atoms with Crippen molar-refractivity contribution in [2.45, 2.75) is 19.4 Å². The van der Waals surface area contributed by atoms with Gasteiger partial charge in [-0.05, 0) is 40.5 Å². The molecular formula is C10H14BrClN2. The van der Waals surface area contributed by atoms with Gasteiger partial charge < -0.3 is 11.1 Å². The first kappa shape index (κ1) is 11.8. The predicted molar refractivity (Wildman–Crippen MR) is 65.9 cm³/mol. The van der Waals surface area contributed by atoms with Gasteiger partial charge in [0.2, 0.25) is 0 Å². The number of rotatable bonds is 4. The lowest BCUT2D eigenvalue weighted by atomic mass is 10.2. The first-order valence-corrected chi connectivity index (χ1v) is 5.76. The van der Waals surface area contributed by atoms with Gasteiger partial charge >= 0.3 is 0 Å². The Morgan fingerprint density at radius 1 is 1.57 bits per heavy atom. The molecule has 1 aromatic rings. The molecule has 0 fully saturated rings. The maximum Gasteiger partial charge on any atom is 0.0549 e. The smallest absolute Gasteiger partial charge is 0.0549 e. The van der Waals surface area contributed by atoms with Gasteiger partial charge in [-0.25, -0.2) is 0 Å². The van der Waals surface area contributed by atoms with Crippen LogP contribution in [0.3, 0.4) is 0 Å². The van der Waals surface area contributed by atoms with Crippen LogP contribution in [0.4, 0.5) is 5.69 Å². The van der Waals surface area contributed by atoms with E-state index in [-0.39, 0.29) is 0 Å². The summed E-state index contributed by atoms with van der Waals surface area (Å²) in [7, 11) is 0. The Balaban J connectivity index is 2.72. The van der Waals surface area contributed by atoms with E-state index in [1.165, 1.54) is 0 Å². The third kappa shape index (κ3) is 3.15. The molecule has 0 saturated carbocycles. The van der Waals surface area contributed by atoms with Crippen LogP contribution in [-0.2, 0) is 0 Å². The quantitative estimate of drug-likeness (QED) is 0.886. The lowest BCUT2D eigenvalue weighted by molar-refractivity contribution is 0.703. The summed E-state index contributed by atoms with van der Waals surface area (Å²) in [5.41, 5.74) is 6.64. The highest BCUT2D eigenvalue weighted by Crippen LogP contribution is 2.25. The second-order valence-electron chi connectivity index (χ2n) is 3.11. The molecule has 1 aromatic carbocycles. The van der Waals surface area contributed by atoms with Gasteiger partial charge in [-0.15, -0.1) is 0 Å². The van der Waals surface area contributed by atoms with E-state index >= 15 is 0 Å². The highest BCUT2D eigenvalue weighted by molar-refractivity contribution is 9.10. The molecule has 0 aliphatic rings. The van der Waals surface area contributed by atoms with Crippen molar-refractivity contribution in [2.24, 2.45) is 5.73 Å². The summed E-state index contributed by atoms with van der Waals surface area (Å²) in [6, 6.07) is 6.09. The first-order chi connectivity index (χ1) is 6.67. The minimum Gasteiger partial charge on any atom is -0.381 e. The SMILES string of the molecule is CCC(CN)Nc1ccc(Cl)c(Br)c1. The zero-order chi connectivity index (χ0) is 10.6. The number of anilines is 1. The van der Waals surface area contributed by atoms with E-state index in [2.05, 4.69) is 28.2 Å². The van der Waals surface area contributed by atoms with E-state index < -0.39 is 0 Å². The average molecular weight is 278 g/mol. The summed E-state index contributed by atoms with van der Waals surface area (Å²) in [5.74, 6) is 0. The molecule has 0 bridgehead atoms. The summed E-state index contributed by atoms with van der Waals surface area (Å²) in [6.07, 6.45) is 1.01. The topological polar surface area (TPSA) is 38.0 Å². The van der Waals surface area contributed by atoms with Crippen LogP contribution in [0.25, 0.3) is 0 Å². The summed E-state index contributed by atoms with van der Waals surface area (Å²) in [6.45, 7) is 2.74. The van der Waals surface area contributed by atoms with Crippen LogP contribution in [0.5, 0.6) is 0 Å². The third-order valence-corrected chi connectivity index (χ3v) is 3.28. The molecule has 0 aromatic heterocycles. The second kappa shape index (κ2) is 5.59. The van der Waals surface area contributed by atoms with E-state index in [9.17, 15) is 0 Å². The molecule has 78 valence electrons. The van der Waals surface area contributed by atoms with E-state index in [1.54, 1.807) is 0 Å². The Morgan fingerprint density at radius 2 is 2.29 bits per heavy atom.